The maximum absolute atomic E-state index is 12.9. The van der Waals surface area contributed by atoms with Crippen LogP contribution in [0.4, 0.5) is 5.69 Å². The highest BCUT2D eigenvalue weighted by molar-refractivity contribution is 7.89. The monoisotopic (exact) mass is 495 g/mol. The molecule has 3 rings (SSSR count). The lowest BCUT2D eigenvalue weighted by Crippen LogP contribution is -2.46. The average Bonchev–Trinajstić information content (AvgIpc) is 2.73. The van der Waals surface area contributed by atoms with Crippen LogP contribution in [0.1, 0.15) is 25.3 Å². The molecule has 0 unspecified atom stereocenters. The fourth-order valence-electron chi connectivity index (χ4n) is 3.35. The minimum Gasteiger partial charge on any atom is -0.350 e. The lowest BCUT2D eigenvalue weighted by atomic mass is 10.1. The first-order valence-corrected chi connectivity index (χ1v) is 12.2. The first kappa shape index (κ1) is 24.3. The van der Waals surface area contributed by atoms with Crippen LogP contribution in [0.2, 0.25) is 10.0 Å². The van der Waals surface area contributed by atoms with Crippen LogP contribution in [-0.4, -0.2) is 43.7 Å². The summed E-state index contributed by atoms with van der Waals surface area (Å²) in [4.78, 5) is 23.5. The predicted octanol–water partition coefficient (Wildman–Crippen LogP) is 3.93. The number of carbonyl (C=O) groups is 2. The fourth-order valence-corrected chi connectivity index (χ4v) is 5.30. The van der Waals surface area contributed by atoms with Crippen LogP contribution in [-0.2, 0) is 19.6 Å². The molecule has 2 aromatic carbocycles. The van der Waals surface area contributed by atoms with Crippen molar-refractivity contribution < 1.29 is 18.0 Å². The number of hydrogen-bond donors (Lipinski definition) is 2. The molecule has 0 radical (unpaired) electrons. The van der Waals surface area contributed by atoms with Crippen molar-refractivity contribution in [3.05, 3.63) is 64.1 Å². The van der Waals surface area contributed by atoms with Crippen LogP contribution in [0.15, 0.2) is 53.4 Å². The van der Waals surface area contributed by atoms with Gasteiger partial charge in [-0.2, -0.15) is 4.31 Å². The number of nitrogens with one attached hydrogen (secondary N) is 2. The quantitative estimate of drug-likeness (QED) is 0.593. The van der Waals surface area contributed by atoms with Crippen molar-refractivity contribution in [2.45, 2.75) is 30.7 Å². The first-order valence-electron chi connectivity index (χ1n) is 9.96. The Bertz CT molecular complexity index is 1130. The summed E-state index contributed by atoms with van der Waals surface area (Å²) < 4.78 is 27.2. The number of piperidine rings is 1. The van der Waals surface area contributed by atoms with Gasteiger partial charge in [0.1, 0.15) is 0 Å². The second-order valence-electron chi connectivity index (χ2n) is 7.39. The zero-order chi connectivity index (χ0) is 23.3. The van der Waals surface area contributed by atoms with Crippen molar-refractivity contribution in [3.8, 4) is 0 Å². The van der Waals surface area contributed by atoms with Crippen LogP contribution in [0, 0.1) is 0 Å². The second-order valence-corrected chi connectivity index (χ2v) is 10.2. The van der Waals surface area contributed by atoms with Gasteiger partial charge in [0, 0.05) is 47.9 Å². The molecular weight excluding hydrogens is 473 g/mol. The van der Waals surface area contributed by atoms with E-state index in [-0.39, 0.29) is 22.8 Å². The number of hydrogen-bond acceptors (Lipinski definition) is 4. The van der Waals surface area contributed by atoms with E-state index in [2.05, 4.69) is 10.6 Å². The van der Waals surface area contributed by atoms with E-state index in [0.29, 0.717) is 47.2 Å². The third-order valence-corrected chi connectivity index (χ3v) is 7.46. The van der Waals surface area contributed by atoms with E-state index in [1.54, 1.807) is 36.4 Å². The highest BCUT2D eigenvalue weighted by Crippen LogP contribution is 2.23. The molecule has 1 aliphatic rings. The molecule has 0 aromatic heterocycles. The van der Waals surface area contributed by atoms with Gasteiger partial charge in [0.2, 0.25) is 21.8 Å². The molecule has 170 valence electrons. The molecule has 2 N–H and O–H groups in total. The molecule has 0 saturated carbocycles. The molecular formula is C22H23Cl2N3O4S. The van der Waals surface area contributed by atoms with Gasteiger partial charge in [0.05, 0.1) is 4.90 Å². The molecule has 0 spiro atoms. The van der Waals surface area contributed by atoms with Crippen molar-refractivity contribution in [3.63, 3.8) is 0 Å². The molecule has 1 saturated heterocycles. The standard InChI is InChI=1S/C22H23Cl2N3O4S/c1-15(28)25-18-5-7-20(8-6-18)32(30,31)27-12-10-19(11-13-27)26-22(29)9-3-16-2-4-17(23)14-21(16)24/h2-9,14,19H,10-13H2,1H3,(H,25,28)(H,26,29)/b9-3+. The van der Waals surface area contributed by atoms with E-state index in [1.807, 2.05) is 0 Å². The van der Waals surface area contributed by atoms with E-state index in [0.717, 1.165) is 0 Å². The maximum Gasteiger partial charge on any atom is 0.244 e. The zero-order valence-corrected chi connectivity index (χ0v) is 19.7. The third kappa shape index (κ3) is 6.32. The molecule has 10 heteroatoms. The summed E-state index contributed by atoms with van der Waals surface area (Å²) in [5.74, 6) is -0.498. The number of anilines is 1. The number of sulfonamides is 1. The minimum atomic E-state index is -3.65. The lowest BCUT2D eigenvalue weighted by molar-refractivity contribution is -0.117. The Balaban J connectivity index is 1.54. The first-order chi connectivity index (χ1) is 15.1. The molecule has 0 atom stereocenters. The van der Waals surface area contributed by atoms with Crippen LogP contribution in [0.25, 0.3) is 6.08 Å². The maximum atomic E-state index is 12.9. The number of halogens is 2. The van der Waals surface area contributed by atoms with Gasteiger partial charge in [-0.25, -0.2) is 8.42 Å². The molecule has 0 bridgehead atoms. The van der Waals surface area contributed by atoms with Gasteiger partial charge in [-0.3, -0.25) is 9.59 Å². The summed E-state index contributed by atoms with van der Waals surface area (Å²) in [6.07, 6.45) is 4.02. The lowest BCUT2D eigenvalue weighted by Gasteiger charge is -2.31. The van der Waals surface area contributed by atoms with Gasteiger partial charge in [0.25, 0.3) is 0 Å². The van der Waals surface area contributed by atoms with Crippen molar-refractivity contribution in [1.82, 2.24) is 9.62 Å². The molecule has 2 aromatic rings. The van der Waals surface area contributed by atoms with Crippen LogP contribution >= 0.6 is 23.2 Å². The highest BCUT2D eigenvalue weighted by atomic mass is 35.5. The van der Waals surface area contributed by atoms with Crippen molar-refractivity contribution >= 4 is 56.8 Å². The molecule has 1 aliphatic heterocycles. The Labute approximate surface area is 197 Å². The number of nitrogens with zero attached hydrogens (tertiary/aromatic N) is 1. The van der Waals surface area contributed by atoms with Crippen molar-refractivity contribution in [2.24, 2.45) is 0 Å². The zero-order valence-electron chi connectivity index (χ0n) is 17.3. The largest absolute Gasteiger partial charge is 0.350 e. The SMILES string of the molecule is CC(=O)Nc1ccc(S(=O)(=O)N2CCC(NC(=O)/C=C/c3ccc(Cl)cc3Cl)CC2)cc1. The summed E-state index contributed by atoms with van der Waals surface area (Å²) in [7, 11) is -3.65. The van der Waals surface area contributed by atoms with Gasteiger partial charge < -0.3 is 10.6 Å². The third-order valence-electron chi connectivity index (χ3n) is 4.99. The van der Waals surface area contributed by atoms with Crippen LogP contribution in [0.3, 0.4) is 0 Å². The fraction of sp³-hybridized carbons (Fsp3) is 0.273. The second kappa shape index (κ2) is 10.5. The number of carbonyl (C=O) groups excluding carboxylic acids is 2. The van der Waals surface area contributed by atoms with Crippen molar-refractivity contribution in [1.29, 1.82) is 0 Å². The van der Waals surface area contributed by atoms with E-state index in [4.69, 9.17) is 23.2 Å². The van der Waals surface area contributed by atoms with Gasteiger partial charge in [0.15, 0.2) is 0 Å². The summed E-state index contributed by atoms with van der Waals surface area (Å²) in [5, 5.41) is 6.47. The predicted molar refractivity (Wildman–Crippen MR) is 126 cm³/mol. The van der Waals surface area contributed by atoms with Gasteiger partial charge in [-0.15, -0.1) is 0 Å². The smallest absolute Gasteiger partial charge is 0.244 e. The Morgan fingerprint density at radius 1 is 1.06 bits per heavy atom. The molecule has 7 nitrogen and oxygen atoms in total. The van der Waals surface area contributed by atoms with Crippen molar-refractivity contribution in [2.75, 3.05) is 18.4 Å². The van der Waals surface area contributed by atoms with Crippen LogP contribution in [0.5, 0.6) is 0 Å². The average molecular weight is 496 g/mol. The molecule has 2 amide bonds. The molecule has 1 fully saturated rings. The Kier molecular flexibility index (Phi) is 7.95. The Morgan fingerprint density at radius 3 is 2.31 bits per heavy atom. The van der Waals surface area contributed by atoms with Gasteiger partial charge >= 0.3 is 0 Å². The van der Waals surface area contributed by atoms with E-state index in [1.165, 1.54) is 29.4 Å². The summed E-state index contributed by atoms with van der Waals surface area (Å²) >= 11 is 12.0. The number of amides is 2. The molecule has 0 aliphatic carbocycles. The highest BCUT2D eigenvalue weighted by Gasteiger charge is 2.29. The van der Waals surface area contributed by atoms with E-state index in [9.17, 15) is 18.0 Å². The topological polar surface area (TPSA) is 95.6 Å². The molecule has 32 heavy (non-hydrogen) atoms. The summed E-state index contributed by atoms with van der Waals surface area (Å²) in [5.41, 5.74) is 1.21. The summed E-state index contributed by atoms with van der Waals surface area (Å²) in [6, 6.07) is 10.9. The van der Waals surface area contributed by atoms with Gasteiger partial charge in [-0.1, -0.05) is 29.3 Å². The summed E-state index contributed by atoms with van der Waals surface area (Å²) in [6.45, 7) is 1.98. The Morgan fingerprint density at radius 2 is 1.72 bits per heavy atom. The van der Waals surface area contributed by atoms with Crippen LogP contribution < -0.4 is 10.6 Å². The Hall–Kier alpha value is -2.39. The molecule has 1 heterocycles. The van der Waals surface area contributed by atoms with E-state index >= 15 is 0 Å². The minimum absolute atomic E-state index is 0.124. The number of benzene rings is 2. The van der Waals surface area contributed by atoms with Gasteiger partial charge in [-0.05, 0) is 60.9 Å². The number of rotatable bonds is 6. The normalized spacial score (nSPS) is 15.6. The van der Waals surface area contributed by atoms with E-state index < -0.39 is 10.0 Å².